The molecular formula is CH4N2O2S. The molecule has 0 heterocycles. The smallest absolute Gasteiger partial charge is 0.346 e. The molecule has 0 unspecified atom stereocenters. The minimum Gasteiger partial charge on any atom is -0.349 e. The van der Waals surface area contributed by atoms with Crippen molar-refractivity contribution in [1.29, 1.82) is 0 Å². The summed E-state index contributed by atoms with van der Waals surface area (Å²) in [6.07, 6.45) is 0. The predicted molar refractivity (Wildman–Crippen MR) is 22.9 cm³/mol. The van der Waals surface area contributed by atoms with Crippen LogP contribution < -0.4 is 5.73 Å². The van der Waals surface area contributed by atoms with E-state index in [9.17, 15) is 9.00 Å². The van der Waals surface area contributed by atoms with E-state index in [1.165, 1.54) is 0 Å². The van der Waals surface area contributed by atoms with Gasteiger partial charge in [0.2, 0.25) is 0 Å². The number of amides is 2. The fourth-order valence-electron chi connectivity index (χ4n) is 0.0450. The number of nitrogens with two attached hydrogens (primary N) is 1. The van der Waals surface area contributed by atoms with E-state index in [4.69, 9.17) is 0 Å². The largest absolute Gasteiger partial charge is 0.349 e. The van der Waals surface area contributed by atoms with Crippen molar-refractivity contribution >= 4 is 17.5 Å². The Labute approximate surface area is 37.6 Å². The van der Waals surface area contributed by atoms with Gasteiger partial charge in [-0.25, -0.2) is 4.79 Å². The summed E-state index contributed by atoms with van der Waals surface area (Å²) in [5, 5.41) is 0. The third-order valence-corrected chi connectivity index (χ3v) is 0.468. The molecular weight excluding hydrogens is 104 g/mol. The Hall–Kier alpha value is -0.580. The maximum absolute atomic E-state index is 9.46. The molecule has 0 radical (unpaired) electrons. The van der Waals surface area contributed by atoms with Crippen molar-refractivity contribution in [3.05, 3.63) is 0 Å². The lowest BCUT2D eigenvalue weighted by molar-refractivity contribution is 0.257. The molecule has 0 bridgehead atoms. The topological polar surface area (TPSA) is 72.5 Å². The van der Waals surface area contributed by atoms with Crippen molar-refractivity contribution in [2.75, 3.05) is 0 Å². The van der Waals surface area contributed by atoms with Crippen molar-refractivity contribution in [3.63, 3.8) is 0 Å². The molecule has 0 aliphatic heterocycles. The van der Waals surface area contributed by atoms with Gasteiger partial charge in [-0.05, 0) is 0 Å². The van der Waals surface area contributed by atoms with E-state index >= 15 is 0 Å². The molecule has 0 spiro atoms. The van der Waals surface area contributed by atoms with Crippen molar-refractivity contribution in [2.24, 2.45) is 10.1 Å². The highest BCUT2D eigenvalue weighted by atomic mass is 32.1. The Kier molecular flexibility index (Phi) is 2.39. The average Bonchev–Trinajstić information content (AvgIpc) is 1.35. The molecule has 4 nitrogen and oxygen atoms in total. The summed E-state index contributed by atoms with van der Waals surface area (Å²) in [6, 6.07) is -0.886. The molecule has 36 valence electrons. The van der Waals surface area contributed by atoms with E-state index in [2.05, 4.69) is 10.1 Å². The van der Waals surface area contributed by atoms with Crippen molar-refractivity contribution in [1.82, 2.24) is 0 Å². The van der Waals surface area contributed by atoms with Crippen LogP contribution in [0.5, 0.6) is 0 Å². The van der Waals surface area contributed by atoms with Gasteiger partial charge >= 0.3 is 6.03 Å². The number of hydrogen-bond donors (Lipinski definition) is 1. The van der Waals surface area contributed by atoms with Crippen LogP contribution in [0, 0.1) is 0 Å². The van der Waals surface area contributed by atoms with Crippen LogP contribution in [0.25, 0.3) is 0 Å². The Morgan fingerprint density at radius 1 is 1.83 bits per heavy atom. The SMILES string of the molecule is NC(=O)N=[SH2]=O. The summed E-state index contributed by atoms with van der Waals surface area (Å²) < 4.78 is 12.0. The second-order valence-electron chi connectivity index (χ2n) is 0.541. The van der Waals surface area contributed by atoms with E-state index in [1.807, 2.05) is 0 Å². The quantitative estimate of drug-likeness (QED) is 0.429. The molecule has 0 rings (SSSR count). The Bertz CT molecular complexity index is 104. The van der Waals surface area contributed by atoms with Crippen LogP contribution in [-0.2, 0) is 11.5 Å². The number of hydrogen-bond acceptors (Lipinski definition) is 2. The molecule has 0 aliphatic rings. The van der Waals surface area contributed by atoms with Crippen LogP contribution in [0.1, 0.15) is 0 Å². The van der Waals surface area contributed by atoms with Gasteiger partial charge < -0.3 is 5.73 Å². The summed E-state index contributed by atoms with van der Waals surface area (Å²) in [6.45, 7) is 0. The zero-order valence-electron chi connectivity index (χ0n) is 2.84. The third kappa shape index (κ3) is 3.42. The van der Waals surface area contributed by atoms with Gasteiger partial charge in [-0.3, -0.25) is 4.21 Å². The molecule has 0 atom stereocenters. The highest BCUT2D eigenvalue weighted by Gasteiger charge is 1.73. The lowest BCUT2D eigenvalue weighted by Crippen LogP contribution is -2.01. The normalized spacial score (nSPS) is 9.33. The summed E-state index contributed by atoms with van der Waals surface area (Å²) in [5.74, 6) is 0. The maximum atomic E-state index is 9.46. The summed E-state index contributed by atoms with van der Waals surface area (Å²) in [4.78, 5) is 9.46. The Balaban J connectivity index is 3.60. The summed E-state index contributed by atoms with van der Waals surface area (Å²) in [7, 11) is 0. The molecule has 0 saturated carbocycles. The van der Waals surface area contributed by atoms with E-state index in [0.717, 1.165) is 0 Å². The molecule has 2 N–H and O–H groups in total. The summed E-state index contributed by atoms with van der Waals surface area (Å²) in [5.41, 5.74) is 4.40. The van der Waals surface area contributed by atoms with Gasteiger partial charge in [0.25, 0.3) is 0 Å². The molecule has 6 heavy (non-hydrogen) atoms. The van der Waals surface area contributed by atoms with Gasteiger partial charge in [0.05, 0.1) is 0 Å². The highest BCUT2D eigenvalue weighted by molar-refractivity contribution is 7.55. The van der Waals surface area contributed by atoms with Crippen molar-refractivity contribution in [2.45, 2.75) is 0 Å². The maximum Gasteiger partial charge on any atom is 0.346 e. The number of rotatable bonds is 0. The zero-order chi connectivity index (χ0) is 4.99. The molecule has 0 aromatic rings. The third-order valence-electron chi connectivity index (χ3n) is 0.156. The molecule has 2 amide bonds. The lowest BCUT2D eigenvalue weighted by atomic mass is 11.2. The Morgan fingerprint density at radius 2 is 2.33 bits per heavy atom. The van der Waals surface area contributed by atoms with Crippen LogP contribution in [0.3, 0.4) is 0 Å². The van der Waals surface area contributed by atoms with Crippen LogP contribution in [0.2, 0.25) is 0 Å². The monoisotopic (exact) mass is 108 g/mol. The van der Waals surface area contributed by atoms with E-state index < -0.39 is 17.5 Å². The fraction of sp³-hybridized carbons (Fsp3) is 0. The Morgan fingerprint density at radius 3 is 2.33 bits per heavy atom. The van der Waals surface area contributed by atoms with Gasteiger partial charge in [-0.1, -0.05) is 0 Å². The molecule has 0 fully saturated rings. The first-order valence-electron chi connectivity index (χ1n) is 1.14. The number of carbonyl (C=O) groups excluding carboxylic acids is 1. The van der Waals surface area contributed by atoms with Crippen LogP contribution >= 0.6 is 0 Å². The molecule has 0 aromatic heterocycles. The highest BCUT2D eigenvalue weighted by Crippen LogP contribution is 1.57. The second-order valence-corrected chi connectivity index (χ2v) is 0.948. The van der Waals surface area contributed by atoms with Gasteiger partial charge in [0, 0.05) is 11.5 Å². The minimum absolute atomic E-state index is 0.886. The number of carbonyl (C=O) groups is 1. The number of urea groups is 1. The molecule has 0 aliphatic carbocycles. The van der Waals surface area contributed by atoms with Gasteiger partial charge in [-0.2, -0.15) is 0 Å². The van der Waals surface area contributed by atoms with E-state index in [-0.39, 0.29) is 0 Å². The van der Waals surface area contributed by atoms with Crippen molar-refractivity contribution < 1.29 is 9.00 Å². The van der Waals surface area contributed by atoms with E-state index in [1.54, 1.807) is 0 Å². The summed E-state index contributed by atoms with van der Waals surface area (Å²) >= 11 is -0.961. The van der Waals surface area contributed by atoms with Crippen molar-refractivity contribution in [3.8, 4) is 0 Å². The standard InChI is InChI=1S/CH4N2O2S/c2-1(4)3-6-5/h6H2,(H2,2,4). The van der Waals surface area contributed by atoms with Gasteiger partial charge in [0.1, 0.15) is 0 Å². The molecule has 5 heteroatoms. The van der Waals surface area contributed by atoms with Gasteiger partial charge in [-0.15, -0.1) is 4.36 Å². The first-order chi connectivity index (χ1) is 2.77. The first-order valence-corrected chi connectivity index (χ1v) is 2.00. The predicted octanol–water partition coefficient (Wildman–Crippen LogP) is -1.07. The number of nitrogens with zero attached hydrogens (tertiary/aromatic N) is 1. The van der Waals surface area contributed by atoms with E-state index in [0.29, 0.717) is 0 Å². The first kappa shape index (κ1) is 5.42. The second kappa shape index (κ2) is 2.65. The molecule has 0 aromatic carbocycles. The number of primary amides is 1. The van der Waals surface area contributed by atoms with Gasteiger partial charge in [0.15, 0.2) is 0 Å². The fourth-order valence-corrected chi connectivity index (χ4v) is 0.135. The lowest BCUT2D eigenvalue weighted by Gasteiger charge is -1.66. The van der Waals surface area contributed by atoms with Crippen LogP contribution in [0.15, 0.2) is 4.36 Å². The molecule has 0 saturated heterocycles. The minimum atomic E-state index is -0.961. The van der Waals surface area contributed by atoms with Crippen LogP contribution in [0.4, 0.5) is 4.79 Å². The van der Waals surface area contributed by atoms with Crippen LogP contribution in [-0.4, -0.2) is 10.2 Å². The average molecular weight is 108 g/mol. The zero-order valence-corrected chi connectivity index (χ0v) is 3.84.